The zero-order chi connectivity index (χ0) is 9.84. The van der Waals surface area contributed by atoms with Gasteiger partial charge in [0.2, 0.25) is 0 Å². The maximum atomic E-state index is 12.7. The number of benzene rings is 1. The van der Waals surface area contributed by atoms with E-state index in [1.165, 1.54) is 12.3 Å². The van der Waals surface area contributed by atoms with E-state index < -0.39 is 17.8 Å². The lowest BCUT2D eigenvalue weighted by Gasteiger charge is -2.05. The van der Waals surface area contributed by atoms with E-state index in [0.717, 1.165) is 12.1 Å². The molecule has 70 valence electrons. The van der Waals surface area contributed by atoms with Crippen molar-refractivity contribution in [3.8, 4) is 0 Å². The Morgan fingerprint density at radius 3 is 2.62 bits per heavy atom. The molecule has 1 aromatic carbocycles. The number of hydrogen-bond acceptors (Lipinski definition) is 1. The number of anilines is 1. The van der Waals surface area contributed by atoms with Crippen molar-refractivity contribution in [2.45, 2.75) is 6.43 Å². The summed E-state index contributed by atoms with van der Waals surface area (Å²) < 4.78 is 37.0. The van der Waals surface area contributed by atoms with E-state index in [1.54, 1.807) is 0 Å². The molecule has 0 aliphatic heterocycles. The molecule has 0 spiro atoms. The molecule has 1 aromatic rings. The first-order valence-corrected chi connectivity index (χ1v) is 3.60. The van der Waals surface area contributed by atoms with Crippen LogP contribution in [-0.4, -0.2) is 0 Å². The van der Waals surface area contributed by atoms with Crippen molar-refractivity contribution in [2.75, 3.05) is 5.32 Å². The molecule has 0 unspecified atom stereocenters. The van der Waals surface area contributed by atoms with Crippen LogP contribution in [0.1, 0.15) is 12.0 Å². The SMILES string of the molecule is C=CNc1ccc(F)c(C(F)F)c1. The summed E-state index contributed by atoms with van der Waals surface area (Å²) in [6.07, 6.45) is -1.46. The molecular weight excluding hydrogens is 179 g/mol. The molecule has 0 bridgehead atoms. The second-order valence-electron chi connectivity index (χ2n) is 2.39. The van der Waals surface area contributed by atoms with E-state index in [1.807, 2.05) is 0 Å². The fraction of sp³-hybridized carbons (Fsp3) is 0.111. The average Bonchev–Trinajstić information content (AvgIpc) is 2.08. The third kappa shape index (κ3) is 2.24. The van der Waals surface area contributed by atoms with Crippen LogP contribution in [0.5, 0.6) is 0 Å². The zero-order valence-corrected chi connectivity index (χ0v) is 6.73. The highest BCUT2D eigenvalue weighted by atomic mass is 19.3. The largest absolute Gasteiger partial charge is 0.362 e. The molecule has 1 nitrogen and oxygen atoms in total. The Labute approximate surface area is 73.9 Å². The summed E-state index contributed by atoms with van der Waals surface area (Å²) in [5.74, 6) is -0.899. The highest BCUT2D eigenvalue weighted by Crippen LogP contribution is 2.24. The van der Waals surface area contributed by atoms with E-state index in [9.17, 15) is 13.2 Å². The summed E-state index contributed by atoms with van der Waals surface area (Å²) in [4.78, 5) is 0. The summed E-state index contributed by atoms with van der Waals surface area (Å²) in [6.45, 7) is 3.36. The third-order valence-corrected chi connectivity index (χ3v) is 1.50. The van der Waals surface area contributed by atoms with Crippen molar-refractivity contribution in [1.29, 1.82) is 0 Å². The predicted molar refractivity (Wildman–Crippen MR) is 45.2 cm³/mol. The Morgan fingerprint density at radius 1 is 1.38 bits per heavy atom. The van der Waals surface area contributed by atoms with E-state index in [0.29, 0.717) is 5.69 Å². The molecular formula is C9H8F3N. The Bertz CT molecular complexity index is 310. The molecule has 13 heavy (non-hydrogen) atoms. The second-order valence-corrected chi connectivity index (χ2v) is 2.39. The number of alkyl halides is 2. The Balaban J connectivity index is 3.03. The summed E-state index contributed by atoms with van der Waals surface area (Å²) in [7, 11) is 0. The average molecular weight is 187 g/mol. The number of halogens is 3. The molecule has 0 aromatic heterocycles. The van der Waals surface area contributed by atoms with Crippen molar-refractivity contribution < 1.29 is 13.2 Å². The third-order valence-electron chi connectivity index (χ3n) is 1.50. The van der Waals surface area contributed by atoms with Gasteiger partial charge in [0.1, 0.15) is 5.82 Å². The topological polar surface area (TPSA) is 12.0 Å². The van der Waals surface area contributed by atoms with Crippen LogP contribution >= 0.6 is 0 Å². The van der Waals surface area contributed by atoms with Gasteiger partial charge in [-0.05, 0) is 24.4 Å². The molecule has 1 N–H and O–H groups in total. The van der Waals surface area contributed by atoms with Crippen molar-refractivity contribution >= 4 is 5.69 Å². The highest BCUT2D eigenvalue weighted by molar-refractivity contribution is 5.48. The minimum absolute atomic E-state index is 0.395. The highest BCUT2D eigenvalue weighted by Gasteiger charge is 2.13. The fourth-order valence-electron chi connectivity index (χ4n) is 0.919. The molecule has 0 heterocycles. The molecule has 0 amide bonds. The van der Waals surface area contributed by atoms with Gasteiger partial charge >= 0.3 is 0 Å². The Kier molecular flexibility index (Phi) is 2.95. The van der Waals surface area contributed by atoms with Gasteiger partial charge in [0.05, 0.1) is 5.56 Å². The smallest absolute Gasteiger partial charge is 0.266 e. The van der Waals surface area contributed by atoms with Gasteiger partial charge in [0.25, 0.3) is 6.43 Å². The lowest BCUT2D eigenvalue weighted by atomic mass is 10.2. The Hall–Kier alpha value is -1.45. The van der Waals surface area contributed by atoms with Gasteiger partial charge in [0, 0.05) is 5.69 Å². The summed E-state index contributed by atoms with van der Waals surface area (Å²) in [5, 5.41) is 2.59. The fourth-order valence-corrected chi connectivity index (χ4v) is 0.919. The van der Waals surface area contributed by atoms with Crippen LogP contribution in [0.25, 0.3) is 0 Å². The lowest BCUT2D eigenvalue weighted by molar-refractivity contribution is 0.146. The molecule has 0 aliphatic rings. The maximum Gasteiger partial charge on any atom is 0.266 e. The maximum absolute atomic E-state index is 12.7. The molecule has 0 saturated carbocycles. The van der Waals surface area contributed by atoms with Crippen LogP contribution in [0.15, 0.2) is 31.0 Å². The monoisotopic (exact) mass is 187 g/mol. The van der Waals surface area contributed by atoms with Crippen LogP contribution in [0, 0.1) is 5.82 Å². The standard InChI is InChI=1S/C9H8F3N/c1-2-13-6-3-4-8(10)7(5-6)9(11)12/h2-5,9,13H,1H2. The van der Waals surface area contributed by atoms with E-state index in [4.69, 9.17) is 0 Å². The van der Waals surface area contributed by atoms with E-state index >= 15 is 0 Å². The minimum atomic E-state index is -2.80. The van der Waals surface area contributed by atoms with Crippen LogP contribution in [-0.2, 0) is 0 Å². The van der Waals surface area contributed by atoms with Crippen molar-refractivity contribution in [3.05, 3.63) is 42.4 Å². The van der Waals surface area contributed by atoms with Gasteiger partial charge in [-0.2, -0.15) is 0 Å². The molecule has 0 aliphatic carbocycles. The van der Waals surface area contributed by atoms with Gasteiger partial charge < -0.3 is 5.32 Å². The molecule has 4 heteroatoms. The van der Waals surface area contributed by atoms with Crippen LogP contribution in [0.2, 0.25) is 0 Å². The molecule has 0 fully saturated rings. The number of nitrogens with one attached hydrogen (secondary N) is 1. The van der Waals surface area contributed by atoms with Crippen molar-refractivity contribution in [3.63, 3.8) is 0 Å². The minimum Gasteiger partial charge on any atom is -0.362 e. The quantitative estimate of drug-likeness (QED) is 0.765. The first-order valence-electron chi connectivity index (χ1n) is 3.60. The summed E-state index contributed by atoms with van der Waals surface area (Å²) in [5.41, 5.74) is -0.210. The second kappa shape index (κ2) is 3.98. The normalized spacial score (nSPS) is 10.2. The van der Waals surface area contributed by atoms with Crippen LogP contribution in [0.4, 0.5) is 18.9 Å². The first kappa shape index (κ1) is 9.64. The molecule has 0 atom stereocenters. The van der Waals surface area contributed by atoms with E-state index in [-0.39, 0.29) is 0 Å². The predicted octanol–water partition coefficient (Wildman–Crippen LogP) is 3.32. The summed E-state index contributed by atoms with van der Waals surface area (Å²) in [6, 6.07) is 3.41. The lowest BCUT2D eigenvalue weighted by Crippen LogP contribution is -1.93. The molecule has 0 saturated heterocycles. The Morgan fingerprint density at radius 2 is 2.08 bits per heavy atom. The number of hydrogen-bond donors (Lipinski definition) is 1. The zero-order valence-electron chi connectivity index (χ0n) is 6.73. The van der Waals surface area contributed by atoms with Gasteiger partial charge in [-0.25, -0.2) is 13.2 Å². The van der Waals surface area contributed by atoms with Crippen molar-refractivity contribution in [2.24, 2.45) is 0 Å². The summed E-state index contributed by atoms with van der Waals surface area (Å²) >= 11 is 0. The van der Waals surface area contributed by atoms with Gasteiger partial charge in [-0.1, -0.05) is 6.58 Å². The number of rotatable bonds is 3. The van der Waals surface area contributed by atoms with Gasteiger partial charge in [0.15, 0.2) is 0 Å². The van der Waals surface area contributed by atoms with E-state index in [2.05, 4.69) is 11.9 Å². The van der Waals surface area contributed by atoms with Crippen molar-refractivity contribution in [1.82, 2.24) is 0 Å². The van der Waals surface area contributed by atoms with Crippen LogP contribution in [0.3, 0.4) is 0 Å². The van der Waals surface area contributed by atoms with Gasteiger partial charge in [-0.15, -0.1) is 0 Å². The molecule has 0 radical (unpaired) electrons. The first-order chi connectivity index (χ1) is 6.15. The molecule has 1 rings (SSSR count). The van der Waals surface area contributed by atoms with Gasteiger partial charge in [-0.3, -0.25) is 0 Å². The van der Waals surface area contributed by atoms with Crippen LogP contribution < -0.4 is 5.32 Å².